The normalized spacial score (nSPS) is 31.6. The molecule has 1 nitrogen and oxygen atoms in total. The molecular weight excluding hydrogens is 172 g/mol. The summed E-state index contributed by atoms with van der Waals surface area (Å²) in [4.78, 5) is 0. The van der Waals surface area contributed by atoms with Crippen molar-refractivity contribution >= 4 is 0 Å². The number of hydrogen-bond donors (Lipinski definition) is 1. The molecule has 0 radical (unpaired) electrons. The highest BCUT2D eigenvalue weighted by atomic mass is 16.3. The van der Waals surface area contributed by atoms with Gasteiger partial charge in [-0.15, -0.1) is 6.58 Å². The maximum atomic E-state index is 9.62. The van der Waals surface area contributed by atoms with Crippen LogP contribution in [0.15, 0.2) is 12.7 Å². The number of rotatable bonds is 3. The SMILES string of the molecule is C=CCCC1CCC(C)C(O)C1.CC. The molecule has 0 heterocycles. The van der Waals surface area contributed by atoms with Gasteiger partial charge in [-0.1, -0.05) is 26.8 Å². The first-order valence-corrected chi connectivity index (χ1v) is 6.03. The second-order valence-electron chi connectivity index (χ2n) is 4.09. The molecule has 1 aliphatic rings. The molecule has 1 fully saturated rings. The van der Waals surface area contributed by atoms with E-state index >= 15 is 0 Å². The zero-order valence-electron chi connectivity index (χ0n) is 10.00. The third-order valence-corrected chi connectivity index (χ3v) is 3.04. The minimum absolute atomic E-state index is 0.0476. The van der Waals surface area contributed by atoms with Crippen LogP contribution in [0.2, 0.25) is 0 Å². The van der Waals surface area contributed by atoms with Gasteiger partial charge in [0.25, 0.3) is 0 Å². The van der Waals surface area contributed by atoms with Crippen LogP contribution in [0.1, 0.15) is 52.9 Å². The Labute approximate surface area is 89.2 Å². The van der Waals surface area contributed by atoms with Crippen LogP contribution in [-0.4, -0.2) is 11.2 Å². The summed E-state index contributed by atoms with van der Waals surface area (Å²) in [7, 11) is 0. The van der Waals surface area contributed by atoms with Crippen molar-refractivity contribution in [2.24, 2.45) is 11.8 Å². The van der Waals surface area contributed by atoms with Gasteiger partial charge >= 0.3 is 0 Å². The van der Waals surface area contributed by atoms with Gasteiger partial charge in [0.15, 0.2) is 0 Å². The minimum Gasteiger partial charge on any atom is -0.393 e. The van der Waals surface area contributed by atoms with Gasteiger partial charge in [-0.05, 0) is 43.9 Å². The maximum absolute atomic E-state index is 9.62. The molecule has 1 rings (SSSR count). The lowest BCUT2D eigenvalue weighted by Crippen LogP contribution is -2.27. The van der Waals surface area contributed by atoms with Crippen molar-refractivity contribution in [3.8, 4) is 0 Å². The summed E-state index contributed by atoms with van der Waals surface area (Å²) in [6.45, 7) is 9.86. The molecule has 0 aromatic rings. The monoisotopic (exact) mass is 198 g/mol. The number of aliphatic hydroxyl groups is 1. The van der Waals surface area contributed by atoms with E-state index in [0.717, 1.165) is 18.8 Å². The van der Waals surface area contributed by atoms with E-state index in [1.54, 1.807) is 0 Å². The fourth-order valence-electron chi connectivity index (χ4n) is 2.00. The standard InChI is InChI=1S/C11H20O.C2H6/c1-3-4-5-10-7-6-9(2)11(12)8-10;1-2/h3,9-12H,1,4-8H2,2H3;1-2H3. The smallest absolute Gasteiger partial charge is 0.0568 e. The molecule has 84 valence electrons. The van der Waals surface area contributed by atoms with E-state index in [1.165, 1.54) is 19.3 Å². The molecule has 1 aliphatic carbocycles. The second-order valence-corrected chi connectivity index (χ2v) is 4.09. The molecule has 1 N–H and O–H groups in total. The molecule has 1 saturated carbocycles. The first-order valence-electron chi connectivity index (χ1n) is 6.03. The average Bonchev–Trinajstić information content (AvgIpc) is 2.23. The molecule has 0 bridgehead atoms. The van der Waals surface area contributed by atoms with Crippen LogP contribution in [0.3, 0.4) is 0 Å². The highest BCUT2D eigenvalue weighted by Gasteiger charge is 2.25. The van der Waals surface area contributed by atoms with E-state index in [9.17, 15) is 5.11 Å². The first kappa shape index (κ1) is 13.7. The third kappa shape index (κ3) is 4.80. The molecule has 0 aromatic carbocycles. The van der Waals surface area contributed by atoms with Crippen LogP contribution >= 0.6 is 0 Å². The van der Waals surface area contributed by atoms with Gasteiger partial charge < -0.3 is 5.11 Å². The van der Waals surface area contributed by atoms with Gasteiger partial charge in [0.1, 0.15) is 0 Å². The molecule has 14 heavy (non-hydrogen) atoms. The van der Waals surface area contributed by atoms with Crippen molar-refractivity contribution in [3.05, 3.63) is 12.7 Å². The van der Waals surface area contributed by atoms with Gasteiger partial charge in [-0.2, -0.15) is 0 Å². The van der Waals surface area contributed by atoms with Crippen molar-refractivity contribution < 1.29 is 5.11 Å². The Bertz CT molecular complexity index is 142. The molecule has 3 atom stereocenters. The number of hydrogen-bond acceptors (Lipinski definition) is 1. The predicted octanol–water partition coefficient (Wildman–Crippen LogP) is 3.78. The average molecular weight is 198 g/mol. The van der Waals surface area contributed by atoms with Gasteiger partial charge in [-0.3, -0.25) is 0 Å². The Morgan fingerprint density at radius 2 is 2.00 bits per heavy atom. The molecule has 0 amide bonds. The highest BCUT2D eigenvalue weighted by molar-refractivity contribution is 4.79. The largest absolute Gasteiger partial charge is 0.393 e. The summed E-state index contributed by atoms with van der Waals surface area (Å²) in [5.41, 5.74) is 0. The molecule has 0 aliphatic heterocycles. The fraction of sp³-hybridized carbons (Fsp3) is 0.846. The second kappa shape index (κ2) is 8.05. The van der Waals surface area contributed by atoms with Gasteiger partial charge in [-0.25, -0.2) is 0 Å². The zero-order valence-corrected chi connectivity index (χ0v) is 10.00. The number of aliphatic hydroxyl groups excluding tert-OH is 1. The Morgan fingerprint density at radius 3 is 2.50 bits per heavy atom. The summed E-state index contributed by atoms with van der Waals surface area (Å²) in [6.07, 6.45) is 7.75. The van der Waals surface area contributed by atoms with Crippen LogP contribution < -0.4 is 0 Å². The van der Waals surface area contributed by atoms with Gasteiger partial charge in [0.2, 0.25) is 0 Å². The quantitative estimate of drug-likeness (QED) is 0.684. The summed E-state index contributed by atoms with van der Waals surface area (Å²) in [5.74, 6) is 1.26. The summed E-state index contributed by atoms with van der Waals surface area (Å²) in [6, 6.07) is 0. The molecule has 0 spiro atoms. The van der Waals surface area contributed by atoms with Crippen LogP contribution in [0.5, 0.6) is 0 Å². The Balaban J connectivity index is 0.000000791. The van der Waals surface area contributed by atoms with E-state index in [-0.39, 0.29) is 6.10 Å². The molecule has 0 saturated heterocycles. The Kier molecular flexibility index (Phi) is 7.87. The predicted molar refractivity (Wildman–Crippen MR) is 63.3 cm³/mol. The Morgan fingerprint density at radius 1 is 1.36 bits per heavy atom. The summed E-state index contributed by atoms with van der Waals surface area (Å²) < 4.78 is 0. The van der Waals surface area contributed by atoms with E-state index in [4.69, 9.17) is 0 Å². The molecular formula is C13H26O. The van der Waals surface area contributed by atoms with Gasteiger partial charge in [0.05, 0.1) is 6.10 Å². The zero-order chi connectivity index (χ0) is 11.0. The third-order valence-electron chi connectivity index (χ3n) is 3.04. The van der Waals surface area contributed by atoms with E-state index in [1.807, 2.05) is 19.9 Å². The van der Waals surface area contributed by atoms with Crippen molar-refractivity contribution in [1.82, 2.24) is 0 Å². The molecule has 3 unspecified atom stereocenters. The van der Waals surface area contributed by atoms with E-state index in [0.29, 0.717) is 5.92 Å². The summed E-state index contributed by atoms with van der Waals surface area (Å²) in [5, 5.41) is 9.62. The lowest BCUT2D eigenvalue weighted by atomic mass is 9.79. The first-order chi connectivity index (χ1) is 6.74. The molecule has 0 aromatic heterocycles. The van der Waals surface area contributed by atoms with Crippen molar-refractivity contribution in [3.63, 3.8) is 0 Å². The van der Waals surface area contributed by atoms with Crippen LogP contribution in [0.25, 0.3) is 0 Å². The maximum Gasteiger partial charge on any atom is 0.0568 e. The fourth-order valence-corrected chi connectivity index (χ4v) is 2.00. The highest BCUT2D eigenvalue weighted by Crippen LogP contribution is 2.31. The van der Waals surface area contributed by atoms with Crippen LogP contribution in [0.4, 0.5) is 0 Å². The van der Waals surface area contributed by atoms with Crippen LogP contribution in [0, 0.1) is 11.8 Å². The molecule has 1 heteroatoms. The topological polar surface area (TPSA) is 20.2 Å². The summed E-state index contributed by atoms with van der Waals surface area (Å²) >= 11 is 0. The van der Waals surface area contributed by atoms with Crippen molar-refractivity contribution in [2.45, 2.75) is 59.0 Å². The lowest BCUT2D eigenvalue weighted by Gasteiger charge is -2.30. The van der Waals surface area contributed by atoms with Gasteiger partial charge in [0, 0.05) is 0 Å². The van der Waals surface area contributed by atoms with Crippen molar-refractivity contribution in [1.29, 1.82) is 0 Å². The number of allylic oxidation sites excluding steroid dienone is 1. The van der Waals surface area contributed by atoms with E-state index in [2.05, 4.69) is 13.5 Å². The lowest BCUT2D eigenvalue weighted by molar-refractivity contribution is 0.0514. The van der Waals surface area contributed by atoms with Crippen LogP contribution in [-0.2, 0) is 0 Å². The van der Waals surface area contributed by atoms with Crippen molar-refractivity contribution in [2.75, 3.05) is 0 Å². The Hall–Kier alpha value is -0.300. The minimum atomic E-state index is -0.0476. The van der Waals surface area contributed by atoms with E-state index < -0.39 is 0 Å².